The van der Waals surface area contributed by atoms with Crippen LogP contribution in [0.3, 0.4) is 0 Å². The number of nitrogen functional groups attached to an aromatic ring is 1. The van der Waals surface area contributed by atoms with Crippen molar-refractivity contribution in [3.63, 3.8) is 0 Å². The van der Waals surface area contributed by atoms with E-state index in [1.807, 2.05) is 42.2 Å². The highest BCUT2D eigenvalue weighted by Gasteiger charge is 2.19. The van der Waals surface area contributed by atoms with Crippen molar-refractivity contribution in [2.75, 3.05) is 37.4 Å². The van der Waals surface area contributed by atoms with Gasteiger partial charge in [-0.3, -0.25) is 0 Å². The molecule has 6 rings (SSSR count). The quantitative estimate of drug-likeness (QED) is 0.373. The highest BCUT2D eigenvalue weighted by molar-refractivity contribution is 7.22. The van der Waals surface area contributed by atoms with Crippen LogP contribution in [0.2, 0.25) is 0 Å². The Hall–Kier alpha value is -3.79. The number of pyridine rings is 1. The van der Waals surface area contributed by atoms with Gasteiger partial charge in [-0.1, -0.05) is 0 Å². The Kier molecular flexibility index (Phi) is 5.02. The van der Waals surface area contributed by atoms with E-state index in [1.54, 1.807) is 17.5 Å². The van der Waals surface area contributed by atoms with Gasteiger partial charge < -0.3 is 24.7 Å². The molecule has 9 nitrogen and oxygen atoms in total. The summed E-state index contributed by atoms with van der Waals surface area (Å²) >= 11 is 1.64. The van der Waals surface area contributed by atoms with Gasteiger partial charge in [-0.2, -0.15) is 5.10 Å². The summed E-state index contributed by atoms with van der Waals surface area (Å²) in [5, 5.41) is 5.33. The Balaban J connectivity index is 1.20. The third-order valence-electron chi connectivity index (χ3n) is 6.16. The Labute approximate surface area is 200 Å². The summed E-state index contributed by atoms with van der Waals surface area (Å²) in [5.74, 6) is 3.10. The number of thiophene rings is 1. The Morgan fingerprint density at radius 1 is 1.21 bits per heavy atom. The smallest absolute Gasteiger partial charge is 0.152 e. The third kappa shape index (κ3) is 3.50. The Morgan fingerprint density at radius 3 is 2.97 bits per heavy atom. The van der Waals surface area contributed by atoms with Crippen LogP contribution in [0.5, 0.6) is 11.5 Å². The molecule has 1 aliphatic heterocycles. The van der Waals surface area contributed by atoms with E-state index in [-0.39, 0.29) is 0 Å². The second kappa shape index (κ2) is 8.21. The van der Waals surface area contributed by atoms with Gasteiger partial charge in [0.05, 0.1) is 34.6 Å². The van der Waals surface area contributed by atoms with Crippen LogP contribution in [-0.2, 0) is 13.5 Å². The molecule has 0 radical (unpaired) electrons. The minimum Gasteiger partial charge on any atom is -0.493 e. The second-order valence-electron chi connectivity index (χ2n) is 8.38. The van der Waals surface area contributed by atoms with Crippen LogP contribution in [0.15, 0.2) is 42.7 Å². The molecule has 0 spiro atoms. The third-order valence-corrected chi connectivity index (χ3v) is 7.28. The molecular formula is C24H25N7O2S. The molecule has 1 aromatic carbocycles. The maximum absolute atomic E-state index is 6.28. The van der Waals surface area contributed by atoms with Crippen LogP contribution in [0.25, 0.3) is 26.3 Å². The van der Waals surface area contributed by atoms with Gasteiger partial charge in [0.1, 0.15) is 34.4 Å². The zero-order valence-corrected chi connectivity index (χ0v) is 19.9. The highest BCUT2D eigenvalue weighted by atomic mass is 32.1. The summed E-state index contributed by atoms with van der Waals surface area (Å²) in [6.07, 6.45) is 5.29. The molecule has 0 fully saturated rings. The lowest BCUT2D eigenvalue weighted by molar-refractivity contribution is 0.294. The van der Waals surface area contributed by atoms with Crippen LogP contribution < -0.4 is 20.1 Å². The average molecular weight is 476 g/mol. The van der Waals surface area contributed by atoms with Crippen LogP contribution in [0.1, 0.15) is 12.2 Å². The standard InChI is InChI=1S/C24H25N7O2S/c1-29-10-12-33-18-13-15(6-7-17(18)29)32-11-3-5-19-28-21-22(30(19)2)23-16(27-24(21)25)14-20(34-23)31-9-4-8-26-31/h4,6-9,13-14H,3,5,10-12H2,1-2H3,(H2,25,27). The number of ether oxygens (including phenoxy) is 2. The molecule has 1 aliphatic rings. The molecule has 174 valence electrons. The SMILES string of the molecule is CN1CCOc2cc(OCCCc3nc4c(N)nc5cc(-n6cccn6)sc5c4n3C)ccc21. The highest BCUT2D eigenvalue weighted by Crippen LogP contribution is 2.36. The molecule has 5 aromatic rings. The first-order valence-corrected chi connectivity index (χ1v) is 12.1. The van der Waals surface area contributed by atoms with Crippen molar-refractivity contribution >= 4 is 44.1 Å². The molecule has 0 saturated heterocycles. The van der Waals surface area contributed by atoms with E-state index < -0.39 is 0 Å². The van der Waals surface area contributed by atoms with Crippen molar-refractivity contribution < 1.29 is 9.47 Å². The molecule has 5 heterocycles. The van der Waals surface area contributed by atoms with E-state index in [1.165, 1.54) is 0 Å². The number of nitrogens with two attached hydrogens (primary N) is 1. The molecule has 0 amide bonds. The van der Waals surface area contributed by atoms with Crippen LogP contribution in [0.4, 0.5) is 11.5 Å². The van der Waals surface area contributed by atoms with E-state index in [9.17, 15) is 0 Å². The number of fused-ring (bicyclic) bond motifs is 4. The van der Waals surface area contributed by atoms with Gasteiger partial charge in [-0.05, 0) is 24.6 Å². The van der Waals surface area contributed by atoms with Crippen molar-refractivity contribution in [2.45, 2.75) is 12.8 Å². The number of hydrogen-bond donors (Lipinski definition) is 1. The van der Waals surface area contributed by atoms with E-state index >= 15 is 0 Å². The van der Waals surface area contributed by atoms with Gasteiger partial charge in [-0.25, -0.2) is 14.6 Å². The molecule has 0 bridgehead atoms. The first kappa shape index (κ1) is 20.8. The van der Waals surface area contributed by atoms with Crippen LogP contribution >= 0.6 is 11.3 Å². The van der Waals surface area contributed by atoms with E-state index in [0.717, 1.165) is 68.6 Å². The molecule has 0 atom stereocenters. The fraction of sp³-hybridized carbons (Fsp3) is 0.292. The van der Waals surface area contributed by atoms with E-state index in [4.69, 9.17) is 20.2 Å². The molecule has 0 aliphatic carbocycles. The maximum Gasteiger partial charge on any atom is 0.152 e. The van der Waals surface area contributed by atoms with Crippen LogP contribution in [0, 0.1) is 0 Å². The number of hydrogen-bond acceptors (Lipinski definition) is 8. The normalized spacial score (nSPS) is 13.4. The average Bonchev–Trinajstić information content (AvgIpc) is 3.56. The first-order valence-electron chi connectivity index (χ1n) is 11.2. The molecular weight excluding hydrogens is 450 g/mol. The minimum absolute atomic E-state index is 0.449. The zero-order chi connectivity index (χ0) is 23.2. The first-order chi connectivity index (χ1) is 16.6. The van der Waals surface area contributed by atoms with Crippen molar-refractivity contribution in [3.05, 3.63) is 48.5 Å². The van der Waals surface area contributed by atoms with Gasteiger partial charge in [0.15, 0.2) is 5.82 Å². The largest absolute Gasteiger partial charge is 0.493 e. The second-order valence-corrected chi connectivity index (χ2v) is 9.41. The number of benzene rings is 1. The lowest BCUT2D eigenvalue weighted by Crippen LogP contribution is -2.28. The fourth-order valence-electron chi connectivity index (χ4n) is 4.37. The number of aromatic nitrogens is 5. The number of anilines is 2. The summed E-state index contributed by atoms with van der Waals surface area (Å²) in [6.45, 7) is 2.18. The van der Waals surface area contributed by atoms with E-state index in [0.29, 0.717) is 19.0 Å². The van der Waals surface area contributed by atoms with Gasteiger partial charge in [-0.15, -0.1) is 11.3 Å². The summed E-state index contributed by atoms with van der Waals surface area (Å²) in [4.78, 5) is 11.6. The molecule has 0 saturated carbocycles. The maximum atomic E-state index is 6.28. The lowest BCUT2D eigenvalue weighted by Gasteiger charge is -2.27. The summed E-state index contributed by atoms with van der Waals surface area (Å²) in [6, 6.07) is 9.94. The number of likely N-dealkylation sites (N-methyl/N-ethyl adjacent to an activating group) is 1. The predicted molar refractivity (Wildman–Crippen MR) is 134 cm³/mol. The van der Waals surface area contributed by atoms with Crippen molar-refractivity contribution in [2.24, 2.45) is 7.05 Å². The van der Waals surface area contributed by atoms with Crippen LogP contribution in [-0.4, -0.2) is 51.1 Å². The van der Waals surface area contributed by atoms with Crippen molar-refractivity contribution in [3.8, 4) is 16.5 Å². The van der Waals surface area contributed by atoms with Gasteiger partial charge in [0, 0.05) is 45.0 Å². The van der Waals surface area contributed by atoms with Gasteiger partial charge in [0.2, 0.25) is 0 Å². The molecule has 34 heavy (non-hydrogen) atoms. The van der Waals surface area contributed by atoms with Gasteiger partial charge in [0.25, 0.3) is 0 Å². The lowest BCUT2D eigenvalue weighted by atomic mass is 10.2. The number of nitrogens with zero attached hydrogens (tertiary/aromatic N) is 6. The summed E-state index contributed by atoms with van der Waals surface area (Å²) in [5.41, 5.74) is 10.00. The minimum atomic E-state index is 0.449. The number of imidazole rings is 1. The number of rotatable bonds is 6. The monoisotopic (exact) mass is 475 g/mol. The fourth-order valence-corrected chi connectivity index (χ4v) is 5.49. The Bertz CT molecular complexity index is 1490. The molecule has 10 heteroatoms. The molecule has 2 N–H and O–H groups in total. The van der Waals surface area contributed by atoms with Crippen molar-refractivity contribution in [1.29, 1.82) is 0 Å². The van der Waals surface area contributed by atoms with Gasteiger partial charge >= 0.3 is 0 Å². The molecule has 0 unspecified atom stereocenters. The molecule has 4 aromatic heterocycles. The topological polar surface area (TPSA) is 96.2 Å². The Morgan fingerprint density at radius 2 is 2.12 bits per heavy atom. The zero-order valence-electron chi connectivity index (χ0n) is 19.1. The number of aryl methyl sites for hydroxylation is 2. The summed E-state index contributed by atoms with van der Waals surface area (Å²) < 4.78 is 16.8. The summed E-state index contributed by atoms with van der Waals surface area (Å²) in [7, 11) is 4.11. The predicted octanol–water partition coefficient (Wildman–Crippen LogP) is 3.79. The van der Waals surface area contributed by atoms with Crippen molar-refractivity contribution in [1.82, 2.24) is 24.3 Å². The van der Waals surface area contributed by atoms with E-state index in [2.05, 4.69) is 32.7 Å².